The van der Waals surface area contributed by atoms with Gasteiger partial charge in [-0.2, -0.15) is 17.4 Å². The maximum atomic E-state index is 12.4. The van der Waals surface area contributed by atoms with Gasteiger partial charge >= 0.3 is 5.97 Å². The van der Waals surface area contributed by atoms with E-state index >= 15 is 0 Å². The van der Waals surface area contributed by atoms with Crippen LogP contribution in [0.2, 0.25) is 0 Å². The van der Waals surface area contributed by atoms with Crippen LogP contribution in [0.1, 0.15) is 43.7 Å². The minimum atomic E-state index is -3.64. The largest absolute Gasteiger partial charge is 0.481 e. The lowest BCUT2D eigenvalue weighted by Crippen LogP contribution is -2.45. The van der Waals surface area contributed by atoms with Gasteiger partial charge in [-0.1, -0.05) is 19.0 Å². The molecule has 0 saturated carbocycles. The molecule has 2 rings (SSSR count). The molecule has 1 aliphatic rings. The fraction of sp³-hybridized carbons (Fsp3) is 0.714. The van der Waals surface area contributed by atoms with Crippen LogP contribution in [0.15, 0.2) is 4.52 Å². The number of hydrogen-bond donors (Lipinski definition) is 2. The van der Waals surface area contributed by atoms with Crippen molar-refractivity contribution >= 4 is 16.2 Å². The van der Waals surface area contributed by atoms with Gasteiger partial charge in [-0.3, -0.25) is 4.79 Å². The maximum absolute atomic E-state index is 12.4. The molecule has 1 fully saturated rings. The second-order valence-electron chi connectivity index (χ2n) is 5.58. The number of nitrogens with one attached hydrogen (secondary N) is 1. The third-order valence-electron chi connectivity index (χ3n) is 4.18. The van der Waals surface area contributed by atoms with Gasteiger partial charge in [-0.15, -0.1) is 0 Å². The van der Waals surface area contributed by atoms with Crippen molar-refractivity contribution in [3.63, 3.8) is 0 Å². The molecule has 2 heterocycles. The maximum Gasteiger partial charge on any atom is 0.306 e. The van der Waals surface area contributed by atoms with Gasteiger partial charge in [0.1, 0.15) is 5.76 Å². The molecular formula is C14H23N3O5S. The third kappa shape index (κ3) is 4.10. The smallest absolute Gasteiger partial charge is 0.306 e. The molecule has 9 heteroatoms. The molecule has 130 valence electrons. The van der Waals surface area contributed by atoms with Crippen LogP contribution in [0.5, 0.6) is 0 Å². The summed E-state index contributed by atoms with van der Waals surface area (Å²) in [6, 6.07) is 0. The zero-order chi connectivity index (χ0) is 17.0. The van der Waals surface area contributed by atoms with Crippen molar-refractivity contribution in [2.24, 2.45) is 5.92 Å². The van der Waals surface area contributed by atoms with Gasteiger partial charge in [0.05, 0.1) is 11.6 Å². The molecule has 1 aromatic heterocycles. The van der Waals surface area contributed by atoms with Gasteiger partial charge < -0.3 is 9.63 Å². The third-order valence-corrected chi connectivity index (χ3v) is 5.74. The zero-order valence-electron chi connectivity index (χ0n) is 13.4. The Balaban J connectivity index is 2.00. The van der Waals surface area contributed by atoms with Crippen LogP contribution in [0.25, 0.3) is 0 Å². The van der Waals surface area contributed by atoms with Crippen LogP contribution < -0.4 is 4.72 Å². The second-order valence-corrected chi connectivity index (χ2v) is 7.33. The molecule has 0 radical (unpaired) electrons. The summed E-state index contributed by atoms with van der Waals surface area (Å²) >= 11 is 0. The predicted octanol–water partition coefficient (Wildman–Crippen LogP) is 0.930. The fourth-order valence-corrected chi connectivity index (χ4v) is 3.94. The second kappa shape index (κ2) is 7.41. The first kappa shape index (κ1) is 17.9. The van der Waals surface area contributed by atoms with E-state index < -0.39 is 22.1 Å². The van der Waals surface area contributed by atoms with E-state index in [9.17, 15) is 13.2 Å². The van der Waals surface area contributed by atoms with Gasteiger partial charge in [0, 0.05) is 31.6 Å². The lowest BCUT2D eigenvalue weighted by Gasteiger charge is -2.29. The van der Waals surface area contributed by atoms with Crippen LogP contribution >= 0.6 is 0 Å². The first-order valence-corrected chi connectivity index (χ1v) is 9.26. The van der Waals surface area contributed by atoms with Crippen molar-refractivity contribution in [1.29, 1.82) is 0 Å². The topological polar surface area (TPSA) is 113 Å². The molecule has 1 aliphatic heterocycles. The summed E-state index contributed by atoms with van der Waals surface area (Å²) in [6.07, 6.45) is 1.99. The zero-order valence-corrected chi connectivity index (χ0v) is 14.2. The number of piperidine rings is 1. The van der Waals surface area contributed by atoms with Crippen molar-refractivity contribution in [1.82, 2.24) is 14.2 Å². The molecule has 0 atom stereocenters. The summed E-state index contributed by atoms with van der Waals surface area (Å²) in [5.74, 6) is -0.633. The molecule has 0 spiro atoms. The Morgan fingerprint density at radius 3 is 2.52 bits per heavy atom. The highest BCUT2D eigenvalue weighted by Crippen LogP contribution is 2.20. The molecule has 0 aromatic carbocycles. The number of aliphatic carboxylic acids is 1. The molecular weight excluding hydrogens is 322 g/mol. The van der Waals surface area contributed by atoms with Crippen molar-refractivity contribution in [2.45, 2.75) is 46.1 Å². The molecule has 23 heavy (non-hydrogen) atoms. The lowest BCUT2D eigenvalue weighted by molar-refractivity contribution is -0.142. The highest BCUT2D eigenvalue weighted by atomic mass is 32.2. The normalized spacial score (nSPS) is 17.5. The van der Waals surface area contributed by atoms with E-state index in [1.165, 1.54) is 4.31 Å². The highest BCUT2D eigenvalue weighted by molar-refractivity contribution is 7.87. The first-order chi connectivity index (χ1) is 10.9. The highest BCUT2D eigenvalue weighted by Gasteiger charge is 2.31. The summed E-state index contributed by atoms with van der Waals surface area (Å²) in [5, 5.41) is 12.9. The fourth-order valence-electron chi connectivity index (χ4n) is 2.74. The van der Waals surface area contributed by atoms with E-state index in [1.54, 1.807) is 0 Å². The van der Waals surface area contributed by atoms with Crippen LogP contribution in [-0.4, -0.2) is 42.0 Å². The molecule has 0 bridgehead atoms. The Bertz CT molecular complexity index is 626. The van der Waals surface area contributed by atoms with E-state index in [1.807, 2.05) is 13.8 Å². The number of aromatic nitrogens is 1. The van der Waals surface area contributed by atoms with Crippen LogP contribution in [0.4, 0.5) is 0 Å². The Labute approximate surface area is 136 Å². The van der Waals surface area contributed by atoms with Gasteiger partial charge in [-0.05, 0) is 19.3 Å². The van der Waals surface area contributed by atoms with Gasteiger partial charge in [0.25, 0.3) is 10.2 Å². The van der Waals surface area contributed by atoms with Crippen LogP contribution in [0.3, 0.4) is 0 Å². The minimum absolute atomic E-state index is 0.136. The number of carboxylic acids is 1. The van der Waals surface area contributed by atoms with E-state index in [4.69, 9.17) is 9.63 Å². The summed E-state index contributed by atoms with van der Waals surface area (Å²) in [4.78, 5) is 10.9. The van der Waals surface area contributed by atoms with Crippen molar-refractivity contribution in [2.75, 3.05) is 13.1 Å². The molecule has 1 saturated heterocycles. The molecule has 0 amide bonds. The van der Waals surface area contributed by atoms with E-state index in [0.717, 1.165) is 11.3 Å². The number of aryl methyl sites for hydroxylation is 2. The molecule has 0 aliphatic carbocycles. The number of carbonyl (C=O) groups is 1. The monoisotopic (exact) mass is 345 g/mol. The van der Waals surface area contributed by atoms with Crippen molar-refractivity contribution in [3.05, 3.63) is 17.0 Å². The van der Waals surface area contributed by atoms with Gasteiger partial charge in [0.2, 0.25) is 0 Å². The number of nitrogens with zero attached hydrogens (tertiary/aromatic N) is 2. The molecule has 8 nitrogen and oxygen atoms in total. The Morgan fingerprint density at radius 2 is 2.00 bits per heavy atom. The van der Waals surface area contributed by atoms with Crippen LogP contribution in [-0.2, 0) is 34.4 Å². The summed E-state index contributed by atoms with van der Waals surface area (Å²) in [5.41, 5.74) is 1.55. The predicted molar refractivity (Wildman–Crippen MR) is 83.0 cm³/mol. The van der Waals surface area contributed by atoms with Gasteiger partial charge in [-0.25, -0.2) is 0 Å². The standard InChI is InChI=1S/C14H23N3O5S/c1-3-12-11(13(4-2)22-16-12)9-15-23(20,21)17-7-5-10(6-8-17)14(18)19/h10,15H,3-9H2,1-2H3,(H,18,19). The Hall–Kier alpha value is -1.45. The van der Waals surface area contributed by atoms with E-state index in [2.05, 4.69) is 9.88 Å². The SMILES string of the molecule is CCc1noc(CC)c1CNS(=O)(=O)N1CCC(C(=O)O)CC1. The number of carboxylic acid groups (broad SMARTS) is 1. The molecule has 0 unspecified atom stereocenters. The van der Waals surface area contributed by atoms with Crippen LogP contribution in [0, 0.1) is 5.92 Å². The van der Waals surface area contributed by atoms with Gasteiger partial charge in [0.15, 0.2) is 0 Å². The lowest BCUT2D eigenvalue weighted by atomic mass is 9.99. The average molecular weight is 345 g/mol. The number of rotatable bonds is 7. The average Bonchev–Trinajstić information content (AvgIpc) is 2.95. The van der Waals surface area contributed by atoms with Crippen molar-refractivity contribution < 1.29 is 22.8 Å². The Morgan fingerprint density at radius 1 is 1.35 bits per heavy atom. The molecule has 2 N–H and O–H groups in total. The first-order valence-electron chi connectivity index (χ1n) is 7.82. The summed E-state index contributed by atoms with van der Waals surface area (Å²) in [6.45, 7) is 4.44. The summed E-state index contributed by atoms with van der Waals surface area (Å²) in [7, 11) is -3.64. The summed E-state index contributed by atoms with van der Waals surface area (Å²) < 4.78 is 33.8. The Kier molecular flexibility index (Phi) is 5.77. The van der Waals surface area contributed by atoms with Crippen molar-refractivity contribution in [3.8, 4) is 0 Å². The van der Waals surface area contributed by atoms with E-state index in [0.29, 0.717) is 31.4 Å². The molecule has 1 aromatic rings. The quantitative estimate of drug-likeness (QED) is 0.760. The van der Waals surface area contributed by atoms with E-state index in [-0.39, 0.29) is 19.6 Å². The number of hydrogen-bond acceptors (Lipinski definition) is 5. The minimum Gasteiger partial charge on any atom is -0.481 e.